The Morgan fingerprint density at radius 1 is 1.64 bits per heavy atom. The summed E-state index contributed by atoms with van der Waals surface area (Å²) in [4.78, 5) is 0. The topological polar surface area (TPSA) is 82.1 Å². The van der Waals surface area contributed by atoms with Crippen LogP contribution in [0.2, 0.25) is 0 Å². The molecule has 1 rings (SSSR count). The van der Waals surface area contributed by atoms with E-state index in [0.717, 1.165) is 5.69 Å². The quantitative estimate of drug-likeness (QED) is 0.621. The molecule has 0 aliphatic heterocycles. The van der Waals surface area contributed by atoms with Crippen molar-refractivity contribution in [3.8, 4) is 6.07 Å². The molecule has 0 saturated heterocycles. The summed E-state index contributed by atoms with van der Waals surface area (Å²) in [6.07, 6.45) is -0.426. The molecular formula is C10H13N3O. The molecule has 0 aliphatic rings. The molecule has 14 heavy (non-hydrogen) atoms. The van der Waals surface area contributed by atoms with E-state index < -0.39 is 6.10 Å². The van der Waals surface area contributed by atoms with Crippen LogP contribution in [-0.4, -0.2) is 17.8 Å². The smallest absolute Gasteiger partial charge is 0.0992 e. The van der Waals surface area contributed by atoms with E-state index in [-0.39, 0.29) is 0 Å². The molecule has 0 aliphatic carbocycles. The molecule has 0 aromatic heterocycles. The number of nitriles is 1. The molecule has 0 heterocycles. The molecule has 0 saturated carbocycles. The Morgan fingerprint density at radius 2 is 2.36 bits per heavy atom. The lowest BCUT2D eigenvalue weighted by Gasteiger charge is -2.10. The van der Waals surface area contributed by atoms with Crippen LogP contribution >= 0.6 is 0 Å². The number of hydrogen-bond donors (Lipinski definition) is 3. The molecule has 0 spiro atoms. The standard InChI is InChI=1S/C10H13N3O/c1-7(14)6-13-10-3-2-8(5-11)4-9(10)12/h2-4,7,13-14H,6,12H2,1H3. The summed E-state index contributed by atoms with van der Waals surface area (Å²) in [5.41, 5.74) is 7.48. The lowest BCUT2D eigenvalue weighted by Crippen LogP contribution is -2.16. The Morgan fingerprint density at radius 3 is 2.86 bits per heavy atom. The Kier molecular flexibility index (Phi) is 3.32. The monoisotopic (exact) mass is 191 g/mol. The Balaban J connectivity index is 2.75. The highest BCUT2D eigenvalue weighted by Crippen LogP contribution is 2.19. The minimum Gasteiger partial charge on any atom is -0.397 e. The minimum atomic E-state index is -0.426. The van der Waals surface area contributed by atoms with Gasteiger partial charge in [0, 0.05) is 6.54 Å². The van der Waals surface area contributed by atoms with Crippen LogP contribution in [0.3, 0.4) is 0 Å². The second kappa shape index (κ2) is 4.49. The minimum absolute atomic E-state index is 0.426. The van der Waals surface area contributed by atoms with Crippen molar-refractivity contribution < 1.29 is 5.11 Å². The summed E-state index contributed by atoms with van der Waals surface area (Å²) in [5, 5.41) is 20.6. The summed E-state index contributed by atoms with van der Waals surface area (Å²) < 4.78 is 0. The zero-order valence-electron chi connectivity index (χ0n) is 7.99. The van der Waals surface area contributed by atoms with E-state index >= 15 is 0 Å². The Bertz CT molecular complexity index is 355. The van der Waals surface area contributed by atoms with Gasteiger partial charge >= 0.3 is 0 Å². The maximum atomic E-state index is 9.05. The fraction of sp³-hybridized carbons (Fsp3) is 0.300. The van der Waals surface area contributed by atoms with Gasteiger partial charge in [0.2, 0.25) is 0 Å². The van der Waals surface area contributed by atoms with Crippen LogP contribution in [0.25, 0.3) is 0 Å². The highest BCUT2D eigenvalue weighted by Gasteiger charge is 2.01. The molecule has 1 unspecified atom stereocenters. The van der Waals surface area contributed by atoms with Crippen molar-refractivity contribution >= 4 is 11.4 Å². The predicted molar refractivity (Wildman–Crippen MR) is 55.7 cm³/mol. The van der Waals surface area contributed by atoms with Gasteiger partial charge in [-0.2, -0.15) is 5.26 Å². The summed E-state index contributed by atoms with van der Waals surface area (Å²) in [5.74, 6) is 0. The summed E-state index contributed by atoms with van der Waals surface area (Å²) in [6, 6.07) is 7.02. The second-order valence-electron chi connectivity index (χ2n) is 3.14. The van der Waals surface area contributed by atoms with Gasteiger partial charge in [0.05, 0.1) is 29.1 Å². The molecule has 0 amide bonds. The number of anilines is 2. The van der Waals surface area contributed by atoms with Crippen molar-refractivity contribution in [1.82, 2.24) is 0 Å². The fourth-order valence-electron chi connectivity index (χ4n) is 1.05. The number of nitrogens with zero attached hydrogens (tertiary/aromatic N) is 1. The summed E-state index contributed by atoms with van der Waals surface area (Å²) in [6.45, 7) is 2.13. The number of nitrogens with two attached hydrogens (primary N) is 1. The first kappa shape index (κ1) is 10.4. The SMILES string of the molecule is CC(O)CNc1ccc(C#N)cc1N. The van der Waals surface area contributed by atoms with Gasteiger partial charge in [-0.1, -0.05) is 0 Å². The third-order valence-electron chi connectivity index (χ3n) is 1.77. The highest BCUT2D eigenvalue weighted by atomic mass is 16.3. The zero-order valence-corrected chi connectivity index (χ0v) is 7.99. The fourth-order valence-corrected chi connectivity index (χ4v) is 1.05. The van der Waals surface area contributed by atoms with E-state index in [1.54, 1.807) is 25.1 Å². The maximum Gasteiger partial charge on any atom is 0.0992 e. The average molecular weight is 191 g/mol. The molecule has 0 radical (unpaired) electrons. The molecule has 0 fully saturated rings. The van der Waals surface area contributed by atoms with E-state index in [2.05, 4.69) is 5.32 Å². The van der Waals surface area contributed by atoms with E-state index in [1.807, 2.05) is 6.07 Å². The van der Waals surface area contributed by atoms with Gasteiger partial charge in [-0.05, 0) is 25.1 Å². The number of benzene rings is 1. The molecule has 0 bridgehead atoms. The van der Waals surface area contributed by atoms with Crippen molar-refractivity contribution in [2.45, 2.75) is 13.0 Å². The largest absolute Gasteiger partial charge is 0.397 e. The summed E-state index contributed by atoms with van der Waals surface area (Å²) >= 11 is 0. The van der Waals surface area contributed by atoms with Crippen LogP contribution in [0, 0.1) is 11.3 Å². The van der Waals surface area contributed by atoms with E-state index in [0.29, 0.717) is 17.8 Å². The molecule has 4 nitrogen and oxygen atoms in total. The zero-order chi connectivity index (χ0) is 10.6. The van der Waals surface area contributed by atoms with Gasteiger partial charge in [-0.3, -0.25) is 0 Å². The number of rotatable bonds is 3. The van der Waals surface area contributed by atoms with E-state index in [1.165, 1.54) is 0 Å². The van der Waals surface area contributed by atoms with Gasteiger partial charge in [0.15, 0.2) is 0 Å². The highest BCUT2D eigenvalue weighted by molar-refractivity contribution is 5.68. The molecule has 74 valence electrons. The van der Waals surface area contributed by atoms with Gasteiger partial charge in [0.1, 0.15) is 0 Å². The molecule has 4 N–H and O–H groups in total. The Hall–Kier alpha value is -1.73. The van der Waals surface area contributed by atoms with Gasteiger partial charge in [-0.25, -0.2) is 0 Å². The third kappa shape index (κ3) is 2.64. The Labute approximate surface area is 83.0 Å². The third-order valence-corrected chi connectivity index (χ3v) is 1.77. The first-order chi connectivity index (χ1) is 6.63. The normalized spacial score (nSPS) is 11.8. The van der Waals surface area contributed by atoms with E-state index in [4.69, 9.17) is 16.1 Å². The molecule has 1 atom stereocenters. The van der Waals surface area contributed by atoms with Crippen molar-refractivity contribution in [3.63, 3.8) is 0 Å². The predicted octanol–water partition coefficient (Wildman–Crippen LogP) is 0.933. The number of aliphatic hydroxyl groups is 1. The summed E-state index contributed by atoms with van der Waals surface area (Å²) in [7, 11) is 0. The van der Waals surface area contributed by atoms with Gasteiger partial charge in [-0.15, -0.1) is 0 Å². The lowest BCUT2D eigenvalue weighted by atomic mass is 10.2. The van der Waals surface area contributed by atoms with Crippen molar-refractivity contribution in [2.24, 2.45) is 0 Å². The first-order valence-electron chi connectivity index (χ1n) is 4.35. The van der Waals surface area contributed by atoms with Crippen LogP contribution in [0.1, 0.15) is 12.5 Å². The van der Waals surface area contributed by atoms with Gasteiger partial charge < -0.3 is 16.2 Å². The molecule has 1 aromatic rings. The molecule has 1 aromatic carbocycles. The van der Waals surface area contributed by atoms with Gasteiger partial charge in [0.25, 0.3) is 0 Å². The molecular weight excluding hydrogens is 178 g/mol. The van der Waals surface area contributed by atoms with E-state index in [9.17, 15) is 0 Å². The number of nitrogens with one attached hydrogen (secondary N) is 1. The van der Waals surface area contributed by atoms with Crippen LogP contribution in [0.15, 0.2) is 18.2 Å². The van der Waals surface area contributed by atoms with Crippen LogP contribution in [0.5, 0.6) is 0 Å². The van der Waals surface area contributed by atoms with Crippen molar-refractivity contribution in [2.75, 3.05) is 17.6 Å². The van der Waals surface area contributed by atoms with Crippen molar-refractivity contribution in [3.05, 3.63) is 23.8 Å². The second-order valence-corrected chi connectivity index (χ2v) is 3.14. The maximum absolute atomic E-state index is 9.05. The number of aliphatic hydroxyl groups excluding tert-OH is 1. The number of nitrogen functional groups attached to an aromatic ring is 1. The lowest BCUT2D eigenvalue weighted by molar-refractivity contribution is 0.208. The van der Waals surface area contributed by atoms with Crippen LogP contribution in [-0.2, 0) is 0 Å². The van der Waals surface area contributed by atoms with Crippen LogP contribution in [0.4, 0.5) is 11.4 Å². The van der Waals surface area contributed by atoms with Crippen molar-refractivity contribution in [1.29, 1.82) is 5.26 Å². The van der Waals surface area contributed by atoms with Crippen LogP contribution < -0.4 is 11.1 Å². The number of hydrogen-bond acceptors (Lipinski definition) is 4. The average Bonchev–Trinajstić information content (AvgIpc) is 2.15. The first-order valence-corrected chi connectivity index (χ1v) is 4.35. The molecule has 4 heteroatoms.